The molecule has 238 valence electrons. The Labute approximate surface area is 270 Å². The number of carbonyl (C=O) groups is 1. The third-order valence-corrected chi connectivity index (χ3v) is 8.84. The van der Waals surface area contributed by atoms with Gasteiger partial charge in [0.05, 0.1) is 12.4 Å². The van der Waals surface area contributed by atoms with E-state index in [9.17, 15) is 10.1 Å². The van der Waals surface area contributed by atoms with Gasteiger partial charge in [-0.1, -0.05) is 30.3 Å². The van der Waals surface area contributed by atoms with Gasteiger partial charge in [0, 0.05) is 68.8 Å². The van der Waals surface area contributed by atoms with Crippen molar-refractivity contribution in [3.8, 4) is 17.2 Å². The van der Waals surface area contributed by atoms with Crippen LogP contribution in [0, 0.1) is 11.3 Å². The number of rotatable bonds is 8. The van der Waals surface area contributed by atoms with Gasteiger partial charge in [0.2, 0.25) is 5.95 Å². The van der Waals surface area contributed by atoms with Crippen molar-refractivity contribution >= 4 is 23.6 Å². The van der Waals surface area contributed by atoms with E-state index in [0.29, 0.717) is 29.7 Å². The second-order valence-electron chi connectivity index (χ2n) is 12.2. The lowest BCUT2D eigenvalue weighted by molar-refractivity contribution is 0.240. The number of urea groups is 1. The monoisotopic (exact) mass is 619 g/mol. The van der Waals surface area contributed by atoms with Gasteiger partial charge >= 0.3 is 6.03 Å². The summed E-state index contributed by atoms with van der Waals surface area (Å²) in [6, 6.07) is 16.1. The van der Waals surface area contributed by atoms with E-state index in [1.165, 1.54) is 0 Å². The minimum absolute atomic E-state index is 0.0166. The minimum Gasteiger partial charge on any atom is -0.354 e. The van der Waals surface area contributed by atoms with Gasteiger partial charge < -0.3 is 20.4 Å². The van der Waals surface area contributed by atoms with E-state index in [-0.39, 0.29) is 18.1 Å². The van der Waals surface area contributed by atoms with Crippen LogP contribution in [0.2, 0.25) is 0 Å². The largest absolute Gasteiger partial charge is 0.354 e. The van der Waals surface area contributed by atoms with E-state index in [1.807, 2.05) is 66.8 Å². The van der Waals surface area contributed by atoms with Crippen LogP contribution in [-0.2, 0) is 13.6 Å². The molecule has 1 saturated carbocycles. The molecule has 2 fully saturated rings. The van der Waals surface area contributed by atoms with Crippen LogP contribution in [0.3, 0.4) is 0 Å². The summed E-state index contributed by atoms with van der Waals surface area (Å²) in [5.41, 5.74) is 3.46. The molecule has 4 aromatic rings. The molecule has 4 heterocycles. The number of amides is 2. The molecular weight excluding hydrogens is 578 g/mol. The molecule has 2 N–H and O–H groups in total. The lowest BCUT2D eigenvalue weighted by atomic mass is 9.90. The number of likely N-dealkylation sites (N-methyl/N-ethyl adjacent to an activating group) is 1. The Morgan fingerprint density at radius 3 is 2.50 bits per heavy atom. The SMILES string of the molecule is CN1CCCN(c2nc(NC3CCC(N(C(=O)NCc4ccccc4)c4ccc(-c5cnn(C)c5)cn4)CC3)ncc2C#N)CC1. The van der Waals surface area contributed by atoms with Gasteiger partial charge in [-0.15, -0.1) is 0 Å². The lowest BCUT2D eigenvalue weighted by Crippen LogP contribution is -2.49. The quantitative estimate of drug-likeness (QED) is 0.294. The minimum atomic E-state index is -0.162. The van der Waals surface area contributed by atoms with Crippen LogP contribution >= 0.6 is 0 Å². The number of aromatic nitrogens is 5. The van der Waals surface area contributed by atoms with Crippen LogP contribution in [0.1, 0.15) is 43.2 Å². The van der Waals surface area contributed by atoms with Gasteiger partial charge in [-0.25, -0.2) is 14.8 Å². The molecule has 1 aliphatic carbocycles. The Bertz CT molecular complexity index is 1640. The summed E-state index contributed by atoms with van der Waals surface area (Å²) in [6.07, 6.45) is 11.5. The maximum Gasteiger partial charge on any atom is 0.323 e. The Kier molecular flexibility index (Phi) is 9.69. The number of carbonyl (C=O) groups excluding carboxylic acids is 1. The predicted octanol–water partition coefficient (Wildman–Crippen LogP) is 4.43. The van der Waals surface area contributed by atoms with Crippen molar-refractivity contribution in [3.05, 3.63) is 78.4 Å². The molecule has 1 aliphatic heterocycles. The highest BCUT2D eigenvalue weighted by molar-refractivity contribution is 5.91. The van der Waals surface area contributed by atoms with Crippen LogP contribution < -0.4 is 20.4 Å². The number of nitriles is 1. The highest BCUT2D eigenvalue weighted by Gasteiger charge is 2.31. The molecule has 0 atom stereocenters. The number of pyridine rings is 1. The van der Waals surface area contributed by atoms with Gasteiger partial charge in [-0.2, -0.15) is 15.3 Å². The maximum absolute atomic E-state index is 13.7. The second-order valence-corrected chi connectivity index (χ2v) is 12.2. The molecule has 1 aromatic carbocycles. The van der Waals surface area contributed by atoms with E-state index >= 15 is 0 Å². The molecule has 0 radical (unpaired) electrons. The molecule has 46 heavy (non-hydrogen) atoms. The van der Waals surface area contributed by atoms with Gasteiger partial charge in [-0.3, -0.25) is 9.58 Å². The summed E-state index contributed by atoms with van der Waals surface area (Å²) in [4.78, 5) is 34.1. The third-order valence-electron chi connectivity index (χ3n) is 8.84. The van der Waals surface area contributed by atoms with Crippen molar-refractivity contribution in [2.24, 2.45) is 7.05 Å². The molecule has 12 nitrogen and oxygen atoms in total. The number of hydrogen-bond donors (Lipinski definition) is 2. The van der Waals surface area contributed by atoms with Crippen molar-refractivity contribution < 1.29 is 4.79 Å². The number of anilines is 3. The van der Waals surface area contributed by atoms with Crippen molar-refractivity contribution in [1.82, 2.24) is 34.9 Å². The first kappa shape index (κ1) is 31.0. The van der Waals surface area contributed by atoms with Crippen LogP contribution in [0.15, 0.2) is 67.3 Å². The third kappa shape index (κ3) is 7.43. The molecule has 2 amide bonds. The van der Waals surface area contributed by atoms with Crippen molar-refractivity contribution in [3.63, 3.8) is 0 Å². The number of benzene rings is 1. The number of hydrogen-bond acceptors (Lipinski definition) is 9. The van der Waals surface area contributed by atoms with Crippen molar-refractivity contribution in [2.45, 2.75) is 50.7 Å². The van der Waals surface area contributed by atoms with Crippen LogP contribution in [0.4, 0.5) is 22.4 Å². The standard InChI is InChI=1S/C34H41N11O/c1-42-15-6-16-44(18-17-42)32-27(19-35)22-37-33(41-32)40-29-10-12-30(13-11-29)45(34(46)38-20-25-7-4-3-5-8-25)31-14-9-26(21-36-31)28-23-39-43(2)24-28/h3-5,7-9,14,21-24,29-30H,6,10-13,15-18,20H2,1-2H3,(H,38,46)(H,37,40,41). The first-order valence-electron chi connectivity index (χ1n) is 16.0. The molecule has 0 spiro atoms. The average Bonchev–Trinajstić information content (AvgIpc) is 3.41. The fraction of sp³-hybridized carbons (Fsp3) is 0.412. The second kappa shape index (κ2) is 14.4. The van der Waals surface area contributed by atoms with Gasteiger partial charge in [-0.05, 0) is 63.4 Å². The summed E-state index contributed by atoms with van der Waals surface area (Å²) in [5.74, 6) is 1.86. The normalized spacial score (nSPS) is 18.8. The number of nitrogens with zero attached hydrogens (tertiary/aromatic N) is 9. The first-order chi connectivity index (χ1) is 22.5. The summed E-state index contributed by atoms with van der Waals surface area (Å²) < 4.78 is 1.76. The molecule has 2 aliphatic rings. The predicted molar refractivity (Wildman–Crippen MR) is 178 cm³/mol. The van der Waals surface area contributed by atoms with Crippen LogP contribution in [-0.4, -0.2) is 81.0 Å². The average molecular weight is 620 g/mol. The lowest BCUT2D eigenvalue weighted by Gasteiger charge is -2.36. The zero-order valence-corrected chi connectivity index (χ0v) is 26.5. The first-order valence-corrected chi connectivity index (χ1v) is 16.0. The van der Waals surface area contributed by atoms with Gasteiger partial charge in [0.25, 0.3) is 0 Å². The highest BCUT2D eigenvalue weighted by Crippen LogP contribution is 2.30. The molecule has 3 aromatic heterocycles. The molecule has 6 rings (SSSR count). The Balaban J connectivity index is 1.14. The van der Waals surface area contributed by atoms with E-state index < -0.39 is 0 Å². The smallest absolute Gasteiger partial charge is 0.323 e. The Morgan fingerprint density at radius 1 is 0.957 bits per heavy atom. The molecule has 12 heteroatoms. The number of nitrogens with one attached hydrogen (secondary N) is 2. The maximum atomic E-state index is 13.7. The zero-order valence-electron chi connectivity index (χ0n) is 26.5. The van der Waals surface area contributed by atoms with E-state index in [4.69, 9.17) is 9.97 Å². The van der Waals surface area contributed by atoms with Crippen molar-refractivity contribution in [2.75, 3.05) is 48.3 Å². The summed E-state index contributed by atoms with van der Waals surface area (Å²) >= 11 is 0. The van der Waals surface area contributed by atoms with Crippen molar-refractivity contribution in [1.29, 1.82) is 5.26 Å². The van der Waals surface area contributed by atoms with Crippen LogP contribution in [0.5, 0.6) is 0 Å². The molecule has 1 saturated heterocycles. The molecule has 0 bridgehead atoms. The van der Waals surface area contributed by atoms with E-state index in [0.717, 1.165) is 75.0 Å². The Morgan fingerprint density at radius 2 is 1.78 bits per heavy atom. The fourth-order valence-electron chi connectivity index (χ4n) is 6.27. The zero-order chi connectivity index (χ0) is 31.9. The molecule has 0 unspecified atom stereocenters. The van der Waals surface area contributed by atoms with E-state index in [1.54, 1.807) is 17.1 Å². The summed E-state index contributed by atoms with van der Waals surface area (Å²) in [7, 11) is 4.01. The van der Waals surface area contributed by atoms with Crippen LogP contribution in [0.25, 0.3) is 11.1 Å². The molecular formula is C34H41N11O. The van der Waals surface area contributed by atoms with Gasteiger partial charge in [0.1, 0.15) is 17.5 Å². The summed E-state index contributed by atoms with van der Waals surface area (Å²) in [6.45, 7) is 4.08. The Hall–Kier alpha value is -5.02. The summed E-state index contributed by atoms with van der Waals surface area (Å²) in [5, 5.41) is 20.7. The van der Waals surface area contributed by atoms with E-state index in [2.05, 4.69) is 43.6 Å². The van der Waals surface area contributed by atoms with Gasteiger partial charge in [0.15, 0.2) is 5.82 Å². The fourth-order valence-corrected chi connectivity index (χ4v) is 6.27. The highest BCUT2D eigenvalue weighted by atomic mass is 16.2. The number of aryl methyl sites for hydroxylation is 1. The topological polar surface area (TPSA) is 131 Å².